The first-order chi connectivity index (χ1) is 9.20. The summed E-state index contributed by atoms with van der Waals surface area (Å²) in [5.41, 5.74) is 1.32. The fourth-order valence-corrected chi connectivity index (χ4v) is 4.04. The first-order valence-corrected chi connectivity index (χ1v) is 7.71. The molecule has 1 saturated heterocycles. The van der Waals surface area contributed by atoms with Crippen molar-refractivity contribution in [2.24, 2.45) is 0 Å². The average Bonchev–Trinajstić information content (AvgIpc) is 3.07. The zero-order chi connectivity index (χ0) is 13.4. The summed E-state index contributed by atoms with van der Waals surface area (Å²) in [5.74, 6) is 0.226. The molecular weight excluding hydrogens is 260 g/mol. The van der Waals surface area contributed by atoms with E-state index in [0.29, 0.717) is 0 Å². The van der Waals surface area contributed by atoms with Crippen LogP contribution in [0.3, 0.4) is 0 Å². The Morgan fingerprint density at radius 1 is 1.58 bits per heavy atom. The molecule has 1 aromatic rings. The van der Waals surface area contributed by atoms with Crippen LogP contribution in [0.2, 0.25) is 0 Å². The van der Waals surface area contributed by atoms with Gasteiger partial charge in [0.1, 0.15) is 0 Å². The second-order valence-corrected chi connectivity index (χ2v) is 6.31. The van der Waals surface area contributed by atoms with Crippen LogP contribution in [0, 0.1) is 0 Å². The molecule has 3 atom stereocenters. The highest BCUT2D eigenvalue weighted by molar-refractivity contribution is 7.10. The molecule has 1 N–H and O–H groups in total. The van der Waals surface area contributed by atoms with Crippen LogP contribution in [0.1, 0.15) is 29.8 Å². The number of carbonyl (C=O) groups is 1. The predicted octanol–water partition coefficient (Wildman–Crippen LogP) is 1.57. The van der Waals surface area contributed by atoms with Gasteiger partial charge in [-0.15, -0.1) is 11.3 Å². The molecule has 4 nitrogen and oxygen atoms in total. The Labute approximate surface area is 117 Å². The molecule has 2 aliphatic heterocycles. The van der Waals surface area contributed by atoms with Gasteiger partial charge in [-0.3, -0.25) is 4.79 Å². The van der Waals surface area contributed by atoms with Gasteiger partial charge >= 0.3 is 0 Å². The van der Waals surface area contributed by atoms with E-state index in [2.05, 4.69) is 23.7 Å². The van der Waals surface area contributed by atoms with Crippen LogP contribution in [0.25, 0.3) is 0 Å². The van der Waals surface area contributed by atoms with Gasteiger partial charge in [-0.05, 0) is 36.8 Å². The van der Waals surface area contributed by atoms with E-state index in [1.165, 1.54) is 10.4 Å². The molecular formula is C14H20N2O2S. The highest BCUT2D eigenvalue weighted by atomic mass is 32.1. The summed E-state index contributed by atoms with van der Waals surface area (Å²) in [6.07, 6.45) is 1.95. The van der Waals surface area contributed by atoms with Gasteiger partial charge < -0.3 is 15.0 Å². The molecule has 104 valence electrons. The number of fused-ring (bicyclic) bond motifs is 1. The van der Waals surface area contributed by atoms with Gasteiger partial charge in [0, 0.05) is 25.1 Å². The summed E-state index contributed by atoms with van der Waals surface area (Å²) in [6, 6.07) is 2.28. The SMILES string of the molecule is COC1CNC(C(=O)N2CCc3sccc3C2C)C1. The topological polar surface area (TPSA) is 41.6 Å². The zero-order valence-corrected chi connectivity index (χ0v) is 12.2. The summed E-state index contributed by atoms with van der Waals surface area (Å²) < 4.78 is 5.32. The van der Waals surface area contributed by atoms with Gasteiger partial charge in [0.2, 0.25) is 5.91 Å². The van der Waals surface area contributed by atoms with Crippen molar-refractivity contribution in [2.45, 2.75) is 38.0 Å². The molecule has 1 fully saturated rings. The minimum absolute atomic E-state index is 0.0763. The minimum atomic E-state index is -0.0763. The van der Waals surface area contributed by atoms with E-state index in [1.54, 1.807) is 18.4 Å². The number of hydrogen-bond donors (Lipinski definition) is 1. The molecule has 3 heterocycles. The Balaban J connectivity index is 1.72. The van der Waals surface area contributed by atoms with Crippen molar-refractivity contribution in [1.82, 2.24) is 10.2 Å². The molecule has 1 aromatic heterocycles. The monoisotopic (exact) mass is 280 g/mol. The van der Waals surface area contributed by atoms with E-state index in [9.17, 15) is 4.79 Å². The number of amides is 1. The highest BCUT2D eigenvalue weighted by Crippen LogP contribution is 2.33. The Bertz CT molecular complexity index is 474. The van der Waals surface area contributed by atoms with Gasteiger partial charge in [-0.1, -0.05) is 0 Å². The Hall–Kier alpha value is -0.910. The van der Waals surface area contributed by atoms with Crippen LogP contribution >= 0.6 is 11.3 Å². The van der Waals surface area contributed by atoms with Crippen molar-refractivity contribution in [3.8, 4) is 0 Å². The van der Waals surface area contributed by atoms with Gasteiger partial charge in [-0.25, -0.2) is 0 Å². The Morgan fingerprint density at radius 3 is 3.16 bits per heavy atom. The van der Waals surface area contributed by atoms with E-state index in [1.807, 2.05) is 4.90 Å². The van der Waals surface area contributed by atoms with E-state index >= 15 is 0 Å². The molecule has 0 aliphatic carbocycles. The number of ether oxygens (including phenoxy) is 1. The van der Waals surface area contributed by atoms with Crippen LogP contribution in [0.5, 0.6) is 0 Å². The van der Waals surface area contributed by atoms with Crippen molar-refractivity contribution < 1.29 is 9.53 Å². The standard InChI is InChI=1S/C14H20N2O2S/c1-9-11-4-6-19-13(11)3-5-16(9)14(17)12-7-10(18-2)8-15-12/h4,6,9-10,12,15H,3,5,7-8H2,1-2H3. The van der Waals surface area contributed by atoms with E-state index in [0.717, 1.165) is 25.9 Å². The number of rotatable bonds is 2. The summed E-state index contributed by atoms with van der Waals surface area (Å²) in [5, 5.41) is 5.41. The predicted molar refractivity (Wildman–Crippen MR) is 75.4 cm³/mol. The quantitative estimate of drug-likeness (QED) is 0.894. The first-order valence-electron chi connectivity index (χ1n) is 6.83. The number of methoxy groups -OCH3 is 1. The van der Waals surface area contributed by atoms with Crippen molar-refractivity contribution in [1.29, 1.82) is 0 Å². The fourth-order valence-electron chi connectivity index (χ4n) is 3.08. The van der Waals surface area contributed by atoms with Crippen molar-refractivity contribution in [3.05, 3.63) is 21.9 Å². The van der Waals surface area contributed by atoms with Crippen LogP contribution in [0.15, 0.2) is 11.4 Å². The second-order valence-electron chi connectivity index (χ2n) is 5.31. The minimum Gasteiger partial charge on any atom is -0.380 e. The van der Waals surface area contributed by atoms with Gasteiger partial charge in [0.25, 0.3) is 0 Å². The molecule has 0 bridgehead atoms. The zero-order valence-electron chi connectivity index (χ0n) is 11.4. The van der Waals surface area contributed by atoms with Crippen LogP contribution in [0.4, 0.5) is 0 Å². The van der Waals surface area contributed by atoms with Crippen molar-refractivity contribution >= 4 is 17.2 Å². The number of nitrogens with zero attached hydrogens (tertiary/aromatic N) is 1. The maximum absolute atomic E-state index is 12.6. The maximum atomic E-state index is 12.6. The summed E-state index contributed by atoms with van der Waals surface area (Å²) >= 11 is 1.81. The average molecular weight is 280 g/mol. The molecule has 3 rings (SSSR count). The Kier molecular flexibility index (Phi) is 3.60. The molecule has 1 amide bonds. The highest BCUT2D eigenvalue weighted by Gasteiger charge is 2.36. The summed E-state index contributed by atoms with van der Waals surface area (Å²) in [4.78, 5) is 16.1. The molecule has 0 aromatic carbocycles. The lowest BCUT2D eigenvalue weighted by molar-refractivity contribution is -0.135. The number of carbonyl (C=O) groups excluding carboxylic acids is 1. The molecule has 19 heavy (non-hydrogen) atoms. The smallest absolute Gasteiger partial charge is 0.240 e. The van der Waals surface area contributed by atoms with Gasteiger partial charge in [0.05, 0.1) is 18.2 Å². The third-order valence-electron chi connectivity index (χ3n) is 4.28. The number of thiophene rings is 1. The van der Waals surface area contributed by atoms with E-state index < -0.39 is 0 Å². The Morgan fingerprint density at radius 2 is 2.42 bits per heavy atom. The van der Waals surface area contributed by atoms with Gasteiger partial charge in [0.15, 0.2) is 0 Å². The third kappa shape index (κ3) is 2.30. The van der Waals surface area contributed by atoms with E-state index in [-0.39, 0.29) is 24.1 Å². The molecule has 0 radical (unpaired) electrons. The lowest BCUT2D eigenvalue weighted by Gasteiger charge is -2.35. The van der Waals surface area contributed by atoms with Crippen LogP contribution < -0.4 is 5.32 Å². The molecule has 2 aliphatic rings. The lowest BCUT2D eigenvalue weighted by Crippen LogP contribution is -2.47. The lowest BCUT2D eigenvalue weighted by atomic mass is 10.00. The van der Waals surface area contributed by atoms with Gasteiger partial charge in [-0.2, -0.15) is 0 Å². The summed E-state index contributed by atoms with van der Waals surface area (Å²) in [6.45, 7) is 3.74. The normalized spacial score (nSPS) is 30.4. The molecule has 5 heteroatoms. The number of hydrogen-bond acceptors (Lipinski definition) is 4. The fraction of sp³-hybridized carbons (Fsp3) is 0.643. The third-order valence-corrected chi connectivity index (χ3v) is 5.28. The largest absolute Gasteiger partial charge is 0.380 e. The van der Waals surface area contributed by atoms with Crippen LogP contribution in [-0.4, -0.2) is 43.2 Å². The molecule has 0 spiro atoms. The molecule has 3 unspecified atom stereocenters. The number of nitrogens with one attached hydrogen (secondary N) is 1. The van der Waals surface area contributed by atoms with Crippen LogP contribution in [-0.2, 0) is 16.0 Å². The van der Waals surface area contributed by atoms with Crippen molar-refractivity contribution in [2.75, 3.05) is 20.2 Å². The second kappa shape index (κ2) is 5.23. The maximum Gasteiger partial charge on any atom is 0.240 e. The molecule has 0 saturated carbocycles. The van der Waals surface area contributed by atoms with Crippen molar-refractivity contribution in [3.63, 3.8) is 0 Å². The summed E-state index contributed by atoms with van der Waals surface area (Å²) in [7, 11) is 1.71. The first kappa shape index (κ1) is 13.1. The van der Waals surface area contributed by atoms with E-state index in [4.69, 9.17) is 4.74 Å².